The highest BCUT2D eigenvalue weighted by molar-refractivity contribution is 14.0. The Hall–Kier alpha value is -2.04. The van der Waals surface area contributed by atoms with E-state index < -0.39 is 0 Å². The molecule has 0 aliphatic carbocycles. The first-order valence-corrected chi connectivity index (χ1v) is 11.4. The number of hydrogen-bond donors (Lipinski definition) is 2. The van der Waals surface area contributed by atoms with E-state index in [1.54, 1.807) is 7.05 Å². The minimum atomic E-state index is 0. The number of rotatable bonds is 11. The first-order chi connectivity index (χ1) is 15.7. The standard InChI is InChI=1S/C25H36N4O3.HI/c1-26-25(27-13-17-31-23-8-4-3-5-9-23)28-20-21-7-6-10-24(19-21)32-18-14-29(2)22-11-15-30-16-12-22;/h3-10,19,22H,11-18,20H2,1-2H3,(H2,26,27,28);1H. The van der Waals surface area contributed by atoms with Crippen molar-refractivity contribution in [2.24, 2.45) is 4.99 Å². The third kappa shape index (κ3) is 10.2. The Morgan fingerprint density at radius 2 is 1.73 bits per heavy atom. The van der Waals surface area contributed by atoms with Crippen LogP contribution in [0.3, 0.4) is 0 Å². The Balaban J connectivity index is 0.00000385. The van der Waals surface area contributed by atoms with E-state index in [1.807, 2.05) is 42.5 Å². The van der Waals surface area contributed by atoms with Gasteiger partial charge in [-0.2, -0.15) is 0 Å². The molecule has 1 fully saturated rings. The highest BCUT2D eigenvalue weighted by Gasteiger charge is 2.17. The number of aliphatic imine (C=N–C) groups is 1. The van der Waals surface area contributed by atoms with Gasteiger partial charge >= 0.3 is 0 Å². The van der Waals surface area contributed by atoms with E-state index in [2.05, 4.69) is 39.7 Å². The lowest BCUT2D eigenvalue weighted by molar-refractivity contribution is 0.0392. The molecule has 0 radical (unpaired) electrons. The molecule has 2 aromatic carbocycles. The van der Waals surface area contributed by atoms with E-state index in [9.17, 15) is 0 Å². The average molecular weight is 569 g/mol. The predicted octanol–water partition coefficient (Wildman–Crippen LogP) is 3.54. The van der Waals surface area contributed by atoms with Crippen LogP contribution in [0.25, 0.3) is 0 Å². The summed E-state index contributed by atoms with van der Waals surface area (Å²) in [6.07, 6.45) is 2.21. The maximum Gasteiger partial charge on any atom is 0.191 e. The summed E-state index contributed by atoms with van der Waals surface area (Å²) in [5.41, 5.74) is 1.14. The van der Waals surface area contributed by atoms with Gasteiger partial charge in [0.05, 0.1) is 6.54 Å². The van der Waals surface area contributed by atoms with Gasteiger partial charge in [-0.25, -0.2) is 0 Å². The first kappa shape index (κ1) is 27.2. The quantitative estimate of drug-likeness (QED) is 0.187. The van der Waals surface area contributed by atoms with Crippen LogP contribution in [-0.4, -0.2) is 70.5 Å². The predicted molar refractivity (Wildman–Crippen MR) is 144 cm³/mol. The molecule has 0 bridgehead atoms. The zero-order valence-corrected chi connectivity index (χ0v) is 22.0. The van der Waals surface area contributed by atoms with Gasteiger partial charge in [0.1, 0.15) is 24.7 Å². The number of guanidine groups is 1. The molecule has 0 unspecified atom stereocenters. The van der Waals surface area contributed by atoms with E-state index in [-0.39, 0.29) is 24.0 Å². The molecule has 3 rings (SSSR count). The molecule has 2 N–H and O–H groups in total. The van der Waals surface area contributed by atoms with E-state index in [1.165, 1.54) is 0 Å². The molecule has 0 amide bonds. The Morgan fingerprint density at radius 3 is 2.48 bits per heavy atom. The summed E-state index contributed by atoms with van der Waals surface area (Å²) in [6.45, 7) is 5.21. The number of nitrogens with zero attached hydrogens (tertiary/aromatic N) is 2. The average Bonchev–Trinajstić information content (AvgIpc) is 2.85. The molecule has 1 aliphatic rings. The van der Waals surface area contributed by atoms with Crippen LogP contribution in [0, 0.1) is 0 Å². The second kappa shape index (κ2) is 15.7. The van der Waals surface area contributed by atoms with Crippen LogP contribution in [0.1, 0.15) is 18.4 Å². The number of para-hydroxylation sites is 1. The van der Waals surface area contributed by atoms with Gasteiger partial charge in [0, 0.05) is 39.4 Å². The summed E-state index contributed by atoms with van der Waals surface area (Å²) in [4.78, 5) is 6.66. The third-order valence-electron chi connectivity index (χ3n) is 5.52. The third-order valence-corrected chi connectivity index (χ3v) is 5.52. The molecule has 2 aromatic rings. The molecule has 0 aromatic heterocycles. The summed E-state index contributed by atoms with van der Waals surface area (Å²) in [5.74, 6) is 2.50. The van der Waals surface area contributed by atoms with Crippen molar-refractivity contribution in [3.05, 3.63) is 60.2 Å². The molecule has 33 heavy (non-hydrogen) atoms. The zero-order chi connectivity index (χ0) is 22.4. The molecule has 182 valence electrons. The minimum Gasteiger partial charge on any atom is -0.492 e. The summed E-state index contributed by atoms with van der Waals surface area (Å²) in [5, 5.41) is 6.61. The van der Waals surface area contributed by atoms with Crippen molar-refractivity contribution in [1.29, 1.82) is 0 Å². The number of nitrogens with one attached hydrogen (secondary N) is 2. The molecule has 7 nitrogen and oxygen atoms in total. The first-order valence-electron chi connectivity index (χ1n) is 11.4. The molecule has 1 aliphatic heterocycles. The Bertz CT molecular complexity index is 816. The van der Waals surface area contributed by atoms with Crippen LogP contribution >= 0.6 is 24.0 Å². The van der Waals surface area contributed by atoms with Gasteiger partial charge in [-0.3, -0.25) is 9.89 Å². The largest absolute Gasteiger partial charge is 0.492 e. The number of benzene rings is 2. The van der Waals surface area contributed by atoms with E-state index >= 15 is 0 Å². The van der Waals surface area contributed by atoms with Crippen molar-refractivity contribution in [2.75, 3.05) is 53.6 Å². The highest BCUT2D eigenvalue weighted by atomic mass is 127. The summed E-state index contributed by atoms with van der Waals surface area (Å²) < 4.78 is 17.1. The van der Waals surface area contributed by atoms with Crippen molar-refractivity contribution in [3.63, 3.8) is 0 Å². The van der Waals surface area contributed by atoms with E-state index in [0.717, 1.165) is 55.6 Å². The van der Waals surface area contributed by atoms with Gasteiger partial charge in [0.2, 0.25) is 0 Å². The van der Waals surface area contributed by atoms with Crippen molar-refractivity contribution in [1.82, 2.24) is 15.5 Å². The van der Waals surface area contributed by atoms with E-state index in [0.29, 0.717) is 32.3 Å². The number of halogens is 1. The highest BCUT2D eigenvalue weighted by Crippen LogP contribution is 2.15. The van der Waals surface area contributed by atoms with Crippen LogP contribution in [-0.2, 0) is 11.3 Å². The van der Waals surface area contributed by atoms with Crippen LogP contribution in [0.5, 0.6) is 11.5 Å². The Kier molecular flexibility index (Phi) is 13.0. The monoisotopic (exact) mass is 568 g/mol. The fourth-order valence-corrected chi connectivity index (χ4v) is 3.62. The summed E-state index contributed by atoms with van der Waals surface area (Å²) in [7, 11) is 3.94. The molecule has 0 atom stereocenters. The molecule has 0 spiro atoms. The van der Waals surface area contributed by atoms with Crippen LogP contribution in [0.15, 0.2) is 59.6 Å². The molecular weight excluding hydrogens is 531 g/mol. The lowest BCUT2D eigenvalue weighted by atomic mass is 10.1. The molecule has 0 saturated carbocycles. The Morgan fingerprint density at radius 1 is 1.00 bits per heavy atom. The van der Waals surface area contributed by atoms with Crippen LogP contribution in [0.4, 0.5) is 0 Å². The number of hydrogen-bond acceptors (Lipinski definition) is 5. The molecule has 1 saturated heterocycles. The fraction of sp³-hybridized carbons (Fsp3) is 0.480. The van der Waals surface area contributed by atoms with Gasteiger partial charge in [-0.1, -0.05) is 30.3 Å². The molecule has 1 heterocycles. The van der Waals surface area contributed by atoms with Gasteiger partial charge in [0.25, 0.3) is 0 Å². The molecule has 8 heteroatoms. The minimum absolute atomic E-state index is 0. The maximum absolute atomic E-state index is 6.00. The second-order valence-electron chi connectivity index (χ2n) is 7.83. The van der Waals surface area contributed by atoms with Gasteiger partial charge in [-0.05, 0) is 49.7 Å². The fourth-order valence-electron chi connectivity index (χ4n) is 3.62. The van der Waals surface area contributed by atoms with Crippen molar-refractivity contribution in [3.8, 4) is 11.5 Å². The maximum atomic E-state index is 6.00. The number of ether oxygens (including phenoxy) is 3. The van der Waals surface area contributed by atoms with Crippen LogP contribution in [0.2, 0.25) is 0 Å². The van der Waals surface area contributed by atoms with Gasteiger partial charge in [-0.15, -0.1) is 24.0 Å². The van der Waals surface area contributed by atoms with Crippen molar-refractivity contribution in [2.45, 2.75) is 25.4 Å². The SMILES string of the molecule is CN=C(NCCOc1ccccc1)NCc1cccc(OCCN(C)C2CCOCC2)c1.I. The normalized spacial score (nSPS) is 14.5. The smallest absolute Gasteiger partial charge is 0.191 e. The van der Waals surface area contributed by atoms with Gasteiger partial charge in [0.15, 0.2) is 5.96 Å². The second-order valence-corrected chi connectivity index (χ2v) is 7.83. The lowest BCUT2D eigenvalue weighted by Gasteiger charge is -2.31. The van der Waals surface area contributed by atoms with Crippen molar-refractivity contribution < 1.29 is 14.2 Å². The summed E-state index contributed by atoms with van der Waals surface area (Å²) in [6, 6.07) is 18.6. The van der Waals surface area contributed by atoms with Gasteiger partial charge < -0.3 is 24.8 Å². The zero-order valence-electron chi connectivity index (χ0n) is 19.7. The van der Waals surface area contributed by atoms with Crippen molar-refractivity contribution >= 4 is 29.9 Å². The van der Waals surface area contributed by atoms with E-state index in [4.69, 9.17) is 14.2 Å². The summed E-state index contributed by atoms with van der Waals surface area (Å²) >= 11 is 0. The topological polar surface area (TPSA) is 67.4 Å². The Labute approximate surface area is 214 Å². The molecular formula is C25H37IN4O3. The van der Waals surface area contributed by atoms with Crippen LogP contribution < -0.4 is 20.1 Å². The lowest BCUT2D eigenvalue weighted by Crippen LogP contribution is -2.39. The number of likely N-dealkylation sites (N-methyl/N-ethyl adjacent to an activating group) is 1.